The standard InChI is InChI=1S/C15H28N4O/c1-11-10-18(3)12(2)8-14(11)16-15-9-13(6-7-20-5)17-19(15)4/h9,11-12,14,16H,6-8,10H2,1-5H3. The van der Waals surface area contributed by atoms with Crippen molar-refractivity contribution in [2.24, 2.45) is 13.0 Å². The van der Waals surface area contributed by atoms with E-state index in [9.17, 15) is 0 Å². The van der Waals surface area contributed by atoms with Crippen LogP contribution >= 0.6 is 0 Å². The van der Waals surface area contributed by atoms with Gasteiger partial charge in [-0.3, -0.25) is 4.68 Å². The second kappa shape index (κ2) is 6.59. The number of likely N-dealkylation sites (tertiary alicyclic amines) is 1. The van der Waals surface area contributed by atoms with E-state index in [2.05, 4.69) is 42.3 Å². The summed E-state index contributed by atoms with van der Waals surface area (Å²) in [4.78, 5) is 2.44. The largest absolute Gasteiger partial charge is 0.384 e. The fourth-order valence-corrected chi connectivity index (χ4v) is 2.92. The van der Waals surface area contributed by atoms with Gasteiger partial charge in [-0.05, 0) is 26.3 Å². The Bertz CT molecular complexity index is 432. The minimum Gasteiger partial charge on any atom is -0.384 e. The first-order valence-electron chi connectivity index (χ1n) is 7.50. The Balaban J connectivity index is 2.00. The fourth-order valence-electron chi connectivity index (χ4n) is 2.92. The van der Waals surface area contributed by atoms with E-state index in [4.69, 9.17) is 4.74 Å². The second-order valence-electron chi connectivity index (χ2n) is 6.14. The Morgan fingerprint density at radius 2 is 2.15 bits per heavy atom. The van der Waals surface area contributed by atoms with E-state index in [0.29, 0.717) is 18.0 Å². The minimum atomic E-state index is 0.520. The second-order valence-corrected chi connectivity index (χ2v) is 6.14. The molecule has 0 radical (unpaired) electrons. The van der Waals surface area contributed by atoms with Gasteiger partial charge in [0.15, 0.2) is 0 Å². The van der Waals surface area contributed by atoms with Gasteiger partial charge in [-0.25, -0.2) is 0 Å². The molecule has 0 spiro atoms. The zero-order chi connectivity index (χ0) is 14.7. The molecule has 3 unspecified atom stereocenters. The minimum absolute atomic E-state index is 0.520. The summed E-state index contributed by atoms with van der Waals surface area (Å²) in [7, 11) is 5.94. The van der Waals surface area contributed by atoms with E-state index in [-0.39, 0.29) is 0 Å². The van der Waals surface area contributed by atoms with Crippen molar-refractivity contribution in [1.82, 2.24) is 14.7 Å². The molecule has 5 heteroatoms. The molecule has 1 aromatic rings. The molecule has 3 atom stereocenters. The number of aromatic nitrogens is 2. The van der Waals surface area contributed by atoms with Gasteiger partial charge in [-0.1, -0.05) is 6.92 Å². The molecule has 114 valence electrons. The molecule has 2 rings (SSSR count). The summed E-state index contributed by atoms with van der Waals surface area (Å²) < 4.78 is 7.06. The smallest absolute Gasteiger partial charge is 0.124 e. The van der Waals surface area contributed by atoms with Gasteiger partial charge < -0.3 is 15.0 Å². The third-order valence-electron chi connectivity index (χ3n) is 4.44. The van der Waals surface area contributed by atoms with Crippen molar-refractivity contribution in [1.29, 1.82) is 0 Å². The lowest BCUT2D eigenvalue weighted by atomic mass is 9.90. The topological polar surface area (TPSA) is 42.3 Å². The quantitative estimate of drug-likeness (QED) is 0.892. The van der Waals surface area contributed by atoms with E-state index < -0.39 is 0 Å². The lowest BCUT2D eigenvalue weighted by molar-refractivity contribution is 0.145. The summed E-state index contributed by atoms with van der Waals surface area (Å²) in [6.07, 6.45) is 2.04. The number of nitrogens with zero attached hydrogens (tertiary/aromatic N) is 3. The zero-order valence-corrected chi connectivity index (χ0v) is 13.4. The summed E-state index contributed by atoms with van der Waals surface area (Å²) in [5.74, 6) is 1.76. The number of ether oxygens (including phenoxy) is 1. The highest BCUT2D eigenvalue weighted by Crippen LogP contribution is 2.24. The van der Waals surface area contributed by atoms with Gasteiger partial charge in [0.2, 0.25) is 0 Å². The number of nitrogens with one attached hydrogen (secondary N) is 1. The van der Waals surface area contributed by atoms with Crippen LogP contribution in [-0.2, 0) is 18.2 Å². The number of hydrogen-bond acceptors (Lipinski definition) is 4. The summed E-state index contributed by atoms with van der Waals surface area (Å²) in [6.45, 7) is 6.49. The average Bonchev–Trinajstić information content (AvgIpc) is 2.74. The van der Waals surface area contributed by atoms with Crippen molar-refractivity contribution < 1.29 is 4.74 Å². The van der Waals surface area contributed by atoms with Crippen LogP contribution in [0.15, 0.2) is 6.07 Å². The van der Waals surface area contributed by atoms with Crippen molar-refractivity contribution in [3.8, 4) is 0 Å². The summed E-state index contributed by atoms with van der Waals surface area (Å²) in [6, 6.07) is 3.30. The van der Waals surface area contributed by atoms with E-state index in [1.807, 2.05) is 11.7 Å². The van der Waals surface area contributed by atoms with Gasteiger partial charge >= 0.3 is 0 Å². The number of methoxy groups -OCH3 is 1. The maximum absolute atomic E-state index is 5.11. The molecule has 1 aliphatic heterocycles. The average molecular weight is 280 g/mol. The summed E-state index contributed by atoms with van der Waals surface area (Å²) >= 11 is 0. The molecule has 1 aromatic heterocycles. The summed E-state index contributed by atoms with van der Waals surface area (Å²) in [5, 5.41) is 8.22. The van der Waals surface area contributed by atoms with Crippen LogP contribution in [0.5, 0.6) is 0 Å². The molecular formula is C15H28N4O. The number of hydrogen-bond donors (Lipinski definition) is 1. The van der Waals surface area contributed by atoms with E-state index >= 15 is 0 Å². The van der Waals surface area contributed by atoms with E-state index in [0.717, 1.165) is 31.1 Å². The third kappa shape index (κ3) is 3.52. The van der Waals surface area contributed by atoms with Crippen LogP contribution in [0.4, 0.5) is 5.82 Å². The Morgan fingerprint density at radius 3 is 2.85 bits per heavy atom. The van der Waals surface area contributed by atoms with Crippen molar-refractivity contribution in [2.45, 2.75) is 38.8 Å². The highest BCUT2D eigenvalue weighted by molar-refractivity contribution is 5.38. The predicted molar refractivity (Wildman–Crippen MR) is 82.1 cm³/mol. The van der Waals surface area contributed by atoms with Crippen molar-refractivity contribution in [2.75, 3.05) is 32.6 Å². The molecular weight excluding hydrogens is 252 g/mol. The highest BCUT2D eigenvalue weighted by Gasteiger charge is 2.29. The normalized spacial score (nSPS) is 27.8. The van der Waals surface area contributed by atoms with E-state index in [1.54, 1.807) is 7.11 Å². The van der Waals surface area contributed by atoms with Gasteiger partial charge in [0, 0.05) is 45.3 Å². The molecule has 0 bridgehead atoms. The van der Waals surface area contributed by atoms with E-state index in [1.165, 1.54) is 6.42 Å². The fraction of sp³-hybridized carbons (Fsp3) is 0.800. The van der Waals surface area contributed by atoms with Gasteiger partial charge in [0.1, 0.15) is 5.82 Å². The molecule has 0 saturated carbocycles. The summed E-state index contributed by atoms with van der Waals surface area (Å²) in [5.41, 5.74) is 1.09. The lowest BCUT2D eigenvalue weighted by Crippen LogP contribution is -2.48. The zero-order valence-electron chi connectivity index (χ0n) is 13.4. The third-order valence-corrected chi connectivity index (χ3v) is 4.44. The Labute approximate surface area is 122 Å². The van der Waals surface area contributed by atoms with Crippen LogP contribution in [0.2, 0.25) is 0 Å². The first-order chi connectivity index (χ1) is 9.51. The van der Waals surface area contributed by atoms with Crippen molar-refractivity contribution >= 4 is 5.82 Å². The van der Waals surface area contributed by atoms with Gasteiger partial charge in [0.05, 0.1) is 12.3 Å². The maximum Gasteiger partial charge on any atom is 0.124 e. The van der Waals surface area contributed by atoms with Crippen LogP contribution in [-0.4, -0.2) is 54.1 Å². The van der Waals surface area contributed by atoms with Gasteiger partial charge in [-0.2, -0.15) is 5.10 Å². The van der Waals surface area contributed by atoms with Crippen LogP contribution < -0.4 is 5.32 Å². The SMILES string of the molecule is COCCc1cc(NC2CC(C)N(C)CC2C)n(C)n1. The highest BCUT2D eigenvalue weighted by atomic mass is 16.5. The van der Waals surface area contributed by atoms with Gasteiger partial charge in [-0.15, -0.1) is 0 Å². The lowest BCUT2D eigenvalue weighted by Gasteiger charge is -2.40. The van der Waals surface area contributed by atoms with Gasteiger partial charge in [0.25, 0.3) is 0 Å². The molecule has 1 N–H and O–H groups in total. The monoisotopic (exact) mass is 280 g/mol. The number of piperidine rings is 1. The molecule has 0 aromatic carbocycles. The first-order valence-corrected chi connectivity index (χ1v) is 7.50. The van der Waals surface area contributed by atoms with Crippen LogP contribution in [0.1, 0.15) is 26.0 Å². The molecule has 5 nitrogen and oxygen atoms in total. The Kier molecular flexibility index (Phi) is 5.05. The molecule has 0 aliphatic carbocycles. The molecule has 20 heavy (non-hydrogen) atoms. The molecule has 2 heterocycles. The number of rotatable bonds is 5. The molecule has 0 amide bonds. The Morgan fingerprint density at radius 1 is 1.40 bits per heavy atom. The Hall–Kier alpha value is -1.07. The van der Waals surface area contributed by atoms with Crippen LogP contribution in [0.3, 0.4) is 0 Å². The first kappa shape index (κ1) is 15.3. The van der Waals surface area contributed by atoms with Crippen molar-refractivity contribution in [3.05, 3.63) is 11.8 Å². The maximum atomic E-state index is 5.11. The van der Waals surface area contributed by atoms with Crippen molar-refractivity contribution in [3.63, 3.8) is 0 Å². The predicted octanol–water partition coefficient (Wildman–Crippen LogP) is 1.75. The molecule has 1 aliphatic rings. The number of aryl methyl sites for hydroxylation is 1. The molecule has 1 saturated heterocycles. The molecule has 1 fully saturated rings. The van der Waals surface area contributed by atoms with Crippen LogP contribution in [0, 0.1) is 5.92 Å². The van der Waals surface area contributed by atoms with Crippen LogP contribution in [0.25, 0.3) is 0 Å². The number of anilines is 1.